The van der Waals surface area contributed by atoms with Crippen molar-refractivity contribution >= 4 is 22.7 Å². The van der Waals surface area contributed by atoms with Gasteiger partial charge in [0.05, 0.1) is 17.7 Å². The number of fused-ring (bicyclic) bond motifs is 1. The molecule has 0 fully saturated rings. The van der Waals surface area contributed by atoms with Crippen molar-refractivity contribution in [2.75, 3.05) is 0 Å². The lowest BCUT2D eigenvalue weighted by Gasteiger charge is -2.07. The maximum Gasteiger partial charge on any atom is 0.273 e. The molecular weight excluding hydrogens is 426 g/mol. The van der Waals surface area contributed by atoms with Crippen LogP contribution in [0.4, 0.5) is 0 Å². The summed E-state index contributed by atoms with van der Waals surface area (Å²) in [6.07, 6.45) is 3.62. The molecule has 0 spiro atoms. The smallest absolute Gasteiger partial charge is 0.273 e. The first kappa shape index (κ1) is 21.2. The fourth-order valence-electron chi connectivity index (χ4n) is 3.87. The fourth-order valence-corrected chi connectivity index (χ4v) is 3.87. The number of aryl methyl sites for hydroxylation is 1. The highest BCUT2D eigenvalue weighted by molar-refractivity contribution is 6.01. The van der Waals surface area contributed by atoms with Crippen LogP contribution in [0.5, 0.6) is 0 Å². The number of H-pyrrole nitrogens is 1. The predicted molar refractivity (Wildman–Crippen MR) is 131 cm³/mol. The van der Waals surface area contributed by atoms with Gasteiger partial charge >= 0.3 is 0 Å². The molecule has 0 atom stereocenters. The van der Waals surface area contributed by atoms with Crippen molar-refractivity contribution < 1.29 is 9.59 Å². The van der Waals surface area contributed by atoms with E-state index >= 15 is 0 Å². The molecule has 2 amide bonds. The Morgan fingerprint density at radius 2 is 1.65 bits per heavy atom. The zero-order valence-electron chi connectivity index (χ0n) is 18.6. The number of nitrogens with zero attached hydrogens (tertiary/aromatic N) is 2. The quantitative estimate of drug-likeness (QED) is 0.349. The third-order valence-corrected chi connectivity index (χ3v) is 5.65. The van der Waals surface area contributed by atoms with Gasteiger partial charge in [0.15, 0.2) is 0 Å². The number of carbonyl (C=O) groups is 2. The van der Waals surface area contributed by atoms with Gasteiger partial charge in [-0.25, -0.2) is 4.68 Å². The van der Waals surface area contributed by atoms with Crippen LogP contribution >= 0.6 is 0 Å². The van der Waals surface area contributed by atoms with Crippen molar-refractivity contribution in [2.24, 2.45) is 0 Å². The van der Waals surface area contributed by atoms with Crippen LogP contribution in [0.1, 0.15) is 21.5 Å². The van der Waals surface area contributed by atoms with E-state index in [0.717, 1.165) is 33.3 Å². The molecule has 0 saturated heterocycles. The fraction of sp³-hybridized carbons (Fsp3) is 0.0741. The van der Waals surface area contributed by atoms with E-state index in [-0.39, 0.29) is 12.3 Å². The summed E-state index contributed by atoms with van der Waals surface area (Å²) in [7, 11) is 0. The summed E-state index contributed by atoms with van der Waals surface area (Å²) in [5.41, 5.74) is 10.6. The maximum absolute atomic E-state index is 13.1. The van der Waals surface area contributed by atoms with Crippen LogP contribution in [0.2, 0.25) is 0 Å². The molecule has 5 rings (SSSR count). The van der Waals surface area contributed by atoms with Gasteiger partial charge in [-0.15, -0.1) is 0 Å². The van der Waals surface area contributed by atoms with Crippen LogP contribution in [0.25, 0.3) is 27.8 Å². The number of aromatic amines is 1. The molecule has 3 aromatic carbocycles. The normalized spacial score (nSPS) is 10.9. The Bertz CT molecular complexity index is 1470. The monoisotopic (exact) mass is 449 g/mol. The SMILES string of the molecule is Cc1ccc(-n2cc(C(=O)NNC(=O)Cc3c[nH]c4ccccc34)c(-c3ccccc3)n2)cc1. The lowest BCUT2D eigenvalue weighted by atomic mass is 10.1. The Kier molecular flexibility index (Phi) is 5.66. The Balaban J connectivity index is 1.36. The summed E-state index contributed by atoms with van der Waals surface area (Å²) in [6.45, 7) is 2.01. The first-order chi connectivity index (χ1) is 16.6. The first-order valence-corrected chi connectivity index (χ1v) is 10.9. The molecule has 7 heteroatoms. The van der Waals surface area contributed by atoms with E-state index < -0.39 is 5.91 Å². The second kappa shape index (κ2) is 9.07. The molecule has 2 aromatic heterocycles. The lowest BCUT2D eigenvalue weighted by molar-refractivity contribution is -0.121. The average molecular weight is 450 g/mol. The van der Waals surface area contributed by atoms with E-state index in [9.17, 15) is 9.59 Å². The summed E-state index contributed by atoms with van der Waals surface area (Å²) >= 11 is 0. The zero-order valence-corrected chi connectivity index (χ0v) is 18.6. The summed E-state index contributed by atoms with van der Waals surface area (Å²) in [4.78, 5) is 28.8. The molecule has 3 N–H and O–H groups in total. The minimum absolute atomic E-state index is 0.137. The van der Waals surface area contributed by atoms with Gasteiger partial charge in [-0.3, -0.25) is 20.4 Å². The van der Waals surface area contributed by atoms with Gasteiger partial charge in [0.25, 0.3) is 5.91 Å². The Morgan fingerprint density at radius 1 is 0.912 bits per heavy atom. The van der Waals surface area contributed by atoms with E-state index in [1.54, 1.807) is 10.9 Å². The number of rotatable bonds is 5. The molecule has 0 unspecified atom stereocenters. The van der Waals surface area contributed by atoms with Gasteiger partial charge in [0.1, 0.15) is 5.69 Å². The van der Waals surface area contributed by atoms with Crippen molar-refractivity contribution in [1.82, 2.24) is 25.6 Å². The third-order valence-electron chi connectivity index (χ3n) is 5.65. The molecule has 2 heterocycles. The number of carbonyl (C=O) groups excluding carboxylic acids is 2. The number of benzene rings is 3. The summed E-state index contributed by atoms with van der Waals surface area (Å²) in [5.74, 6) is -0.755. The third kappa shape index (κ3) is 4.31. The Labute approximate surface area is 196 Å². The highest BCUT2D eigenvalue weighted by Gasteiger charge is 2.19. The molecule has 0 bridgehead atoms. The summed E-state index contributed by atoms with van der Waals surface area (Å²) < 4.78 is 1.67. The number of hydrogen-bond acceptors (Lipinski definition) is 3. The van der Waals surface area contributed by atoms with Crippen LogP contribution < -0.4 is 10.9 Å². The number of hydrazine groups is 1. The van der Waals surface area contributed by atoms with E-state index in [4.69, 9.17) is 0 Å². The van der Waals surface area contributed by atoms with Crippen LogP contribution in [-0.2, 0) is 11.2 Å². The number of nitrogens with one attached hydrogen (secondary N) is 3. The lowest BCUT2D eigenvalue weighted by Crippen LogP contribution is -2.42. The van der Waals surface area contributed by atoms with Crippen molar-refractivity contribution in [2.45, 2.75) is 13.3 Å². The predicted octanol–water partition coefficient (Wildman–Crippen LogP) is 4.33. The van der Waals surface area contributed by atoms with Gasteiger partial charge in [-0.1, -0.05) is 66.2 Å². The van der Waals surface area contributed by atoms with E-state index in [0.29, 0.717) is 11.3 Å². The number of para-hydroxylation sites is 1. The molecule has 0 saturated carbocycles. The van der Waals surface area contributed by atoms with Crippen molar-refractivity contribution in [3.63, 3.8) is 0 Å². The van der Waals surface area contributed by atoms with E-state index in [2.05, 4.69) is 20.9 Å². The molecule has 0 aliphatic heterocycles. The van der Waals surface area contributed by atoms with Crippen molar-refractivity contribution in [3.05, 3.63) is 108 Å². The molecule has 0 radical (unpaired) electrons. The number of amides is 2. The highest BCUT2D eigenvalue weighted by atomic mass is 16.2. The summed E-state index contributed by atoms with van der Waals surface area (Å²) in [6, 6.07) is 25.1. The van der Waals surface area contributed by atoms with Crippen LogP contribution in [0.15, 0.2) is 91.3 Å². The van der Waals surface area contributed by atoms with Crippen molar-refractivity contribution in [3.8, 4) is 16.9 Å². The van der Waals surface area contributed by atoms with Gasteiger partial charge in [0.2, 0.25) is 5.91 Å². The largest absolute Gasteiger partial charge is 0.361 e. The average Bonchev–Trinajstić information content (AvgIpc) is 3.49. The first-order valence-electron chi connectivity index (χ1n) is 10.9. The van der Waals surface area contributed by atoms with Gasteiger partial charge in [-0.2, -0.15) is 5.10 Å². The number of aromatic nitrogens is 3. The molecule has 34 heavy (non-hydrogen) atoms. The number of hydrogen-bond donors (Lipinski definition) is 3. The second-order valence-corrected chi connectivity index (χ2v) is 8.08. The topological polar surface area (TPSA) is 91.8 Å². The minimum Gasteiger partial charge on any atom is -0.361 e. The molecule has 168 valence electrons. The minimum atomic E-state index is -0.440. The van der Waals surface area contributed by atoms with E-state index in [1.165, 1.54) is 0 Å². The summed E-state index contributed by atoms with van der Waals surface area (Å²) in [5, 5.41) is 5.64. The molecular formula is C27H23N5O2. The Morgan fingerprint density at radius 3 is 2.44 bits per heavy atom. The van der Waals surface area contributed by atoms with Crippen LogP contribution in [0, 0.1) is 6.92 Å². The van der Waals surface area contributed by atoms with Gasteiger partial charge < -0.3 is 4.98 Å². The van der Waals surface area contributed by atoms with Crippen molar-refractivity contribution in [1.29, 1.82) is 0 Å². The van der Waals surface area contributed by atoms with E-state index in [1.807, 2.05) is 92.0 Å². The molecule has 5 aromatic rings. The Hall–Kier alpha value is -4.65. The standard InChI is InChI=1S/C27H23N5O2/c1-18-11-13-21(14-12-18)32-17-23(26(31-32)19-7-3-2-4-8-19)27(34)30-29-25(33)15-20-16-28-24-10-6-5-9-22(20)24/h2-14,16-17,28H,15H2,1H3,(H,29,33)(H,30,34). The molecule has 0 aliphatic rings. The molecule has 7 nitrogen and oxygen atoms in total. The van der Waals surface area contributed by atoms with Crippen LogP contribution in [-0.4, -0.2) is 26.6 Å². The van der Waals surface area contributed by atoms with Gasteiger partial charge in [-0.05, 0) is 30.7 Å². The van der Waals surface area contributed by atoms with Gasteiger partial charge in [0, 0.05) is 28.9 Å². The second-order valence-electron chi connectivity index (χ2n) is 8.08. The molecule has 0 aliphatic carbocycles. The highest BCUT2D eigenvalue weighted by Crippen LogP contribution is 2.24. The van der Waals surface area contributed by atoms with Crippen LogP contribution in [0.3, 0.4) is 0 Å². The maximum atomic E-state index is 13.1. The zero-order chi connectivity index (χ0) is 23.5.